The number of piperidine rings is 1. The zero-order valence-electron chi connectivity index (χ0n) is 18.2. The van der Waals surface area contributed by atoms with Gasteiger partial charge in [-0.1, -0.05) is 23.7 Å². The molecule has 1 saturated carbocycles. The van der Waals surface area contributed by atoms with Crippen molar-refractivity contribution in [2.75, 3.05) is 39.4 Å². The van der Waals surface area contributed by atoms with Crippen LogP contribution in [0.4, 0.5) is 0 Å². The average Bonchev–Trinajstić information content (AvgIpc) is 3.58. The number of likely N-dealkylation sites (tertiary alicyclic amines) is 1. The van der Waals surface area contributed by atoms with Gasteiger partial charge in [-0.2, -0.15) is 0 Å². The molecule has 0 spiro atoms. The molecule has 0 bridgehead atoms. The third-order valence-corrected chi connectivity index (χ3v) is 6.96. The number of hydrogen-bond acceptors (Lipinski definition) is 3. The molecule has 2 saturated heterocycles. The monoisotopic (exact) mass is 433 g/mol. The first-order valence-corrected chi connectivity index (χ1v) is 12.1. The van der Waals surface area contributed by atoms with Crippen LogP contribution in [-0.2, 0) is 14.9 Å². The van der Waals surface area contributed by atoms with Gasteiger partial charge in [0, 0.05) is 36.7 Å². The van der Waals surface area contributed by atoms with E-state index in [9.17, 15) is 0 Å². The molecule has 0 amide bonds. The predicted molar refractivity (Wildman–Crippen MR) is 122 cm³/mol. The number of hydrogen-bond donors (Lipinski definition) is 1. The summed E-state index contributed by atoms with van der Waals surface area (Å²) in [4.78, 5) is 7.45. The van der Waals surface area contributed by atoms with E-state index in [-0.39, 0.29) is 5.41 Å². The summed E-state index contributed by atoms with van der Waals surface area (Å²) >= 11 is 6.07. The minimum Gasteiger partial charge on any atom is -0.376 e. The van der Waals surface area contributed by atoms with Crippen LogP contribution >= 0.6 is 11.6 Å². The predicted octanol–water partition coefficient (Wildman–Crippen LogP) is 4.39. The van der Waals surface area contributed by atoms with Gasteiger partial charge in [0.15, 0.2) is 5.96 Å². The Morgan fingerprint density at radius 2 is 1.97 bits per heavy atom. The molecule has 1 aromatic rings. The topological polar surface area (TPSA) is 46.1 Å². The highest BCUT2D eigenvalue weighted by molar-refractivity contribution is 6.30. The summed E-state index contributed by atoms with van der Waals surface area (Å²) < 4.78 is 12.0. The van der Waals surface area contributed by atoms with Crippen LogP contribution in [0.3, 0.4) is 0 Å². The maximum atomic E-state index is 6.18. The van der Waals surface area contributed by atoms with Crippen LogP contribution in [-0.4, -0.2) is 62.5 Å². The molecular weight excluding hydrogens is 398 g/mol. The number of rotatable bonds is 7. The van der Waals surface area contributed by atoms with Crippen LogP contribution in [0, 0.1) is 0 Å². The SMILES string of the molecule is CCNC(=NCC1(c2ccc(Cl)cc2)CC1)N1CCC(OCC2CCCCO2)CC1. The standard InChI is InChI=1S/C24H36ClN3O2/c1-2-26-23(27-18-24(12-13-24)19-6-8-20(25)9-7-19)28-14-10-21(11-15-28)30-17-22-5-3-4-16-29-22/h6-9,21-22H,2-5,10-18H2,1H3,(H,26,27). The molecule has 30 heavy (non-hydrogen) atoms. The summed E-state index contributed by atoms with van der Waals surface area (Å²) in [5.41, 5.74) is 1.57. The minimum atomic E-state index is 0.201. The molecule has 2 aliphatic heterocycles. The molecule has 4 rings (SSSR count). The first kappa shape index (κ1) is 21.9. The molecule has 2 heterocycles. The van der Waals surface area contributed by atoms with E-state index in [1.54, 1.807) is 0 Å². The van der Waals surface area contributed by atoms with Crippen molar-refractivity contribution in [1.29, 1.82) is 0 Å². The van der Waals surface area contributed by atoms with Crippen LogP contribution in [0.5, 0.6) is 0 Å². The van der Waals surface area contributed by atoms with Crippen LogP contribution in [0.2, 0.25) is 5.02 Å². The molecule has 1 N–H and O–H groups in total. The van der Waals surface area contributed by atoms with Gasteiger partial charge in [-0.3, -0.25) is 4.99 Å². The van der Waals surface area contributed by atoms with E-state index in [0.717, 1.165) is 69.6 Å². The number of halogens is 1. The van der Waals surface area contributed by atoms with Crippen molar-refractivity contribution in [3.63, 3.8) is 0 Å². The van der Waals surface area contributed by atoms with Crippen LogP contribution in [0.15, 0.2) is 29.3 Å². The van der Waals surface area contributed by atoms with Gasteiger partial charge in [-0.15, -0.1) is 0 Å². The van der Waals surface area contributed by atoms with Crippen molar-refractivity contribution in [3.05, 3.63) is 34.9 Å². The Labute approximate surface area is 186 Å². The number of benzene rings is 1. The molecule has 3 aliphatic rings. The summed E-state index contributed by atoms with van der Waals surface area (Å²) in [5.74, 6) is 1.05. The van der Waals surface area contributed by atoms with Crippen molar-refractivity contribution < 1.29 is 9.47 Å². The van der Waals surface area contributed by atoms with Crippen molar-refractivity contribution >= 4 is 17.6 Å². The molecule has 1 atom stereocenters. The van der Waals surface area contributed by atoms with Gasteiger partial charge >= 0.3 is 0 Å². The Kier molecular flexibility index (Phi) is 7.55. The lowest BCUT2D eigenvalue weighted by Crippen LogP contribution is -2.47. The quantitative estimate of drug-likeness (QED) is 0.511. The summed E-state index contributed by atoms with van der Waals surface area (Å²) in [5, 5.41) is 4.30. The van der Waals surface area contributed by atoms with Crippen LogP contribution in [0.25, 0.3) is 0 Å². The lowest BCUT2D eigenvalue weighted by atomic mass is 9.96. The van der Waals surface area contributed by atoms with Crippen molar-refractivity contribution in [2.24, 2.45) is 4.99 Å². The zero-order valence-corrected chi connectivity index (χ0v) is 19.0. The third-order valence-electron chi connectivity index (χ3n) is 6.71. The highest BCUT2D eigenvalue weighted by atomic mass is 35.5. The fraction of sp³-hybridized carbons (Fsp3) is 0.708. The summed E-state index contributed by atoms with van der Waals surface area (Å²) in [7, 11) is 0. The van der Waals surface area contributed by atoms with E-state index in [0.29, 0.717) is 12.2 Å². The number of nitrogens with zero attached hydrogens (tertiary/aromatic N) is 2. The van der Waals surface area contributed by atoms with Crippen LogP contribution < -0.4 is 5.32 Å². The molecule has 0 aromatic heterocycles. The maximum Gasteiger partial charge on any atom is 0.193 e. The van der Waals surface area contributed by atoms with E-state index >= 15 is 0 Å². The van der Waals surface area contributed by atoms with E-state index in [2.05, 4.69) is 29.3 Å². The highest BCUT2D eigenvalue weighted by Gasteiger charge is 2.44. The summed E-state index contributed by atoms with van der Waals surface area (Å²) in [6.07, 6.45) is 8.78. The fourth-order valence-corrected chi connectivity index (χ4v) is 4.69. The van der Waals surface area contributed by atoms with Crippen molar-refractivity contribution in [1.82, 2.24) is 10.2 Å². The van der Waals surface area contributed by atoms with Crippen molar-refractivity contribution in [2.45, 2.75) is 69.5 Å². The first-order valence-electron chi connectivity index (χ1n) is 11.7. The molecule has 5 nitrogen and oxygen atoms in total. The Morgan fingerprint density at radius 1 is 1.20 bits per heavy atom. The normalized spacial score (nSPS) is 24.7. The summed E-state index contributed by atoms with van der Waals surface area (Å²) in [6.45, 7) is 7.51. The number of ether oxygens (including phenoxy) is 2. The van der Waals surface area contributed by atoms with Gasteiger partial charge in [0.25, 0.3) is 0 Å². The van der Waals surface area contributed by atoms with E-state index < -0.39 is 0 Å². The lowest BCUT2D eigenvalue weighted by Gasteiger charge is -2.35. The molecule has 1 aromatic carbocycles. The molecule has 0 radical (unpaired) electrons. The van der Waals surface area contributed by atoms with Gasteiger partial charge in [0.2, 0.25) is 0 Å². The van der Waals surface area contributed by atoms with Gasteiger partial charge in [-0.05, 0) is 69.6 Å². The Morgan fingerprint density at radius 3 is 2.60 bits per heavy atom. The molecule has 3 fully saturated rings. The molecule has 166 valence electrons. The van der Waals surface area contributed by atoms with E-state index in [1.165, 1.54) is 31.2 Å². The third kappa shape index (κ3) is 5.68. The number of guanidine groups is 1. The maximum absolute atomic E-state index is 6.18. The molecule has 1 aliphatic carbocycles. The minimum absolute atomic E-state index is 0.201. The van der Waals surface area contributed by atoms with Gasteiger partial charge < -0.3 is 19.7 Å². The Bertz CT molecular complexity index is 691. The number of nitrogens with one attached hydrogen (secondary N) is 1. The molecule has 6 heteroatoms. The lowest BCUT2D eigenvalue weighted by molar-refractivity contribution is -0.0721. The van der Waals surface area contributed by atoms with Crippen molar-refractivity contribution in [3.8, 4) is 0 Å². The Hall–Kier alpha value is -1.30. The van der Waals surface area contributed by atoms with Crippen LogP contribution in [0.1, 0.15) is 57.4 Å². The zero-order chi connectivity index (χ0) is 20.8. The van der Waals surface area contributed by atoms with Gasteiger partial charge in [0.1, 0.15) is 0 Å². The van der Waals surface area contributed by atoms with Gasteiger partial charge in [-0.25, -0.2) is 0 Å². The first-order chi connectivity index (χ1) is 14.7. The van der Waals surface area contributed by atoms with Gasteiger partial charge in [0.05, 0.1) is 25.4 Å². The summed E-state index contributed by atoms with van der Waals surface area (Å²) in [6, 6.07) is 8.32. The molecular formula is C24H36ClN3O2. The second kappa shape index (κ2) is 10.3. The van der Waals surface area contributed by atoms with E-state index in [1.807, 2.05) is 12.1 Å². The molecule has 1 unspecified atom stereocenters. The fourth-order valence-electron chi connectivity index (χ4n) is 4.56. The second-order valence-electron chi connectivity index (χ2n) is 8.97. The number of aliphatic imine (C=N–C) groups is 1. The Balaban J connectivity index is 1.28. The largest absolute Gasteiger partial charge is 0.376 e. The highest BCUT2D eigenvalue weighted by Crippen LogP contribution is 2.48. The second-order valence-corrected chi connectivity index (χ2v) is 9.40. The average molecular weight is 434 g/mol. The van der Waals surface area contributed by atoms with E-state index in [4.69, 9.17) is 26.1 Å². The smallest absolute Gasteiger partial charge is 0.193 e.